The zero-order chi connectivity index (χ0) is 18.5. The minimum Gasteiger partial charge on any atom is -0.356 e. The van der Waals surface area contributed by atoms with E-state index < -0.39 is 0 Å². The van der Waals surface area contributed by atoms with Crippen LogP contribution in [0.4, 0.5) is 0 Å². The van der Waals surface area contributed by atoms with Gasteiger partial charge in [-0.3, -0.25) is 4.79 Å². The van der Waals surface area contributed by atoms with Crippen LogP contribution in [0.2, 0.25) is 0 Å². The van der Waals surface area contributed by atoms with Crippen LogP contribution in [-0.2, 0) is 17.6 Å². The zero-order valence-corrected chi connectivity index (χ0v) is 15.8. The van der Waals surface area contributed by atoms with E-state index in [0.717, 1.165) is 29.7 Å². The van der Waals surface area contributed by atoms with Crippen LogP contribution >= 0.6 is 0 Å². The van der Waals surface area contributed by atoms with E-state index in [1.54, 1.807) is 0 Å². The minimum absolute atomic E-state index is 0.0289. The molecule has 3 rings (SSSR count). The monoisotopic (exact) mass is 349 g/mol. The molecule has 0 unspecified atom stereocenters. The Morgan fingerprint density at radius 3 is 2.65 bits per heavy atom. The second-order valence-corrected chi connectivity index (χ2v) is 7.18. The van der Waals surface area contributed by atoms with Gasteiger partial charge in [-0.25, -0.2) is 4.98 Å². The number of amides is 1. The average Bonchev–Trinajstić information content (AvgIpc) is 3.03. The summed E-state index contributed by atoms with van der Waals surface area (Å²) in [6, 6.07) is 12.8. The SMILES string of the molecule is Cc1cccn2cc(CC(=O)NCCCc3ccc(C(C)C)cc3)nc12. The zero-order valence-electron chi connectivity index (χ0n) is 15.8. The molecule has 0 aliphatic heterocycles. The Kier molecular flexibility index (Phi) is 5.71. The standard InChI is InChI=1S/C22H27N3O/c1-16(2)19-10-8-18(9-11-19)7-4-12-23-21(26)14-20-15-25-13-5-6-17(3)22(25)24-20/h5-6,8-11,13,15-16H,4,7,12,14H2,1-3H3,(H,23,26). The van der Waals surface area contributed by atoms with Crippen molar-refractivity contribution >= 4 is 11.6 Å². The number of imidazole rings is 1. The minimum atomic E-state index is 0.0289. The third-order valence-electron chi connectivity index (χ3n) is 4.68. The molecule has 4 heteroatoms. The lowest BCUT2D eigenvalue weighted by Crippen LogP contribution is -2.26. The number of hydrogen-bond acceptors (Lipinski definition) is 2. The lowest BCUT2D eigenvalue weighted by Gasteiger charge is -2.07. The molecule has 0 fully saturated rings. The number of fused-ring (bicyclic) bond motifs is 1. The Morgan fingerprint density at radius 2 is 1.96 bits per heavy atom. The summed E-state index contributed by atoms with van der Waals surface area (Å²) in [5.41, 5.74) is 5.52. The molecule has 0 aliphatic carbocycles. The molecule has 0 radical (unpaired) electrons. The third-order valence-corrected chi connectivity index (χ3v) is 4.68. The van der Waals surface area contributed by atoms with Gasteiger partial charge in [0.1, 0.15) is 5.65 Å². The van der Waals surface area contributed by atoms with Crippen molar-refractivity contribution in [1.29, 1.82) is 0 Å². The number of nitrogens with one attached hydrogen (secondary N) is 1. The summed E-state index contributed by atoms with van der Waals surface area (Å²) in [7, 11) is 0. The van der Waals surface area contributed by atoms with E-state index >= 15 is 0 Å². The molecule has 1 aromatic carbocycles. The molecule has 136 valence electrons. The van der Waals surface area contributed by atoms with E-state index in [0.29, 0.717) is 18.9 Å². The fourth-order valence-corrected chi connectivity index (χ4v) is 3.11. The second kappa shape index (κ2) is 8.17. The molecule has 2 aromatic heterocycles. The van der Waals surface area contributed by atoms with Gasteiger partial charge < -0.3 is 9.72 Å². The third kappa shape index (κ3) is 4.51. The first-order valence-corrected chi connectivity index (χ1v) is 9.31. The summed E-state index contributed by atoms with van der Waals surface area (Å²) in [6.45, 7) is 7.13. The van der Waals surface area contributed by atoms with Crippen LogP contribution in [0.25, 0.3) is 5.65 Å². The van der Waals surface area contributed by atoms with Crippen LogP contribution in [0.5, 0.6) is 0 Å². The van der Waals surface area contributed by atoms with Crippen molar-refractivity contribution in [3.63, 3.8) is 0 Å². The number of carbonyl (C=O) groups is 1. The van der Waals surface area contributed by atoms with Crippen molar-refractivity contribution in [2.24, 2.45) is 0 Å². The van der Waals surface area contributed by atoms with Crippen molar-refractivity contribution < 1.29 is 4.79 Å². The maximum Gasteiger partial charge on any atom is 0.226 e. The first-order chi connectivity index (χ1) is 12.5. The number of nitrogens with zero attached hydrogens (tertiary/aromatic N) is 2. The Balaban J connectivity index is 1.44. The number of carbonyl (C=O) groups excluding carboxylic acids is 1. The molecule has 0 spiro atoms. The highest BCUT2D eigenvalue weighted by molar-refractivity contribution is 5.78. The fraction of sp³-hybridized carbons (Fsp3) is 0.364. The highest BCUT2D eigenvalue weighted by Gasteiger charge is 2.08. The van der Waals surface area contributed by atoms with E-state index in [1.807, 2.05) is 35.9 Å². The molecule has 0 aliphatic rings. The predicted octanol–water partition coefficient (Wildman–Crippen LogP) is 4.06. The van der Waals surface area contributed by atoms with Gasteiger partial charge >= 0.3 is 0 Å². The molecule has 0 atom stereocenters. The highest BCUT2D eigenvalue weighted by atomic mass is 16.1. The Labute approximate surface area is 155 Å². The molecule has 1 amide bonds. The van der Waals surface area contributed by atoms with Gasteiger partial charge in [0.2, 0.25) is 5.91 Å². The van der Waals surface area contributed by atoms with E-state index in [2.05, 4.69) is 48.4 Å². The fourth-order valence-electron chi connectivity index (χ4n) is 3.11. The molecule has 26 heavy (non-hydrogen) atoms. The normalized spacial score (nSPS) is 11.2. The molecule has 0 saturated heterocycles. The van der Waals surface area contributed by atoms with Gasteiger partial charge in [0.05, 0.1) is 12.1 Å². The Hall–Kier alpha value is -2.62. The van der Waals surface area contributed by atoms with Crippen LogP contribution in [0.3, 0.4) is 0 Å². The topological polar surface area (TPSA) is 46.4 Å². The van der Waals surface area contributed by atoms with Gasteiger partial charge in [-0.2, -0.15) is 0 Å². The van der Waals surface area contributed by atoms with Crippen molar-refractivity contribution in [2.45, 2.75) is 46.0 Å². The summed E-state index contributed by atoms with van der Waals surface area (Å²) in [5.74, 6) is 0.591. The van der Waals surface area contributed by atoms with E-state index in [9.17, 15) is 4.79 Å². The van der Waals surface area contributed by atoms with E-state index in [1.165, 1.54) is 11.1 Å². The van der Waals surface area contributed by atoms with Crippen LogP contribution in [0, 0.1) is 6.92 Å². The van der Waals surface area contributed by atoms with E-state index in [-0.39, 0.29) is 5.91 Å². The average molecular weight is 349 g/mol. The first-order valence-electron chi connectivity index (χ1n) is 9.31. The molecular formula is C22H27N3O. The Bertz CT molecular complexity index is 878. The van der Waals surface area contributed by atoms with Crippen LogP contribution in [0.15, 0.2) is 48.8 Å². The number of aromatic nitrogens is 2. The smallest absolute Gasteiger partial charge is 0.226 e. The van der Waals surface area contributed by atoms with Gasteiger partial charge in [0.15, 0.2) is 0 Å². The summed E-state index contributed by atoms with van der Waals surface area (Å²) in [6.07, 6.45) is 6.13. The molecule has 4 nitrogen and oxygen atoms in total. The quantitative estimate of drug-likeness (QED) is 0.654. The van der Waals surface area contributed by atoms with Crippen molar-refractivity contribution in [1.82, 2.24) is 14.7 Å². The molecular weight excluding hydrogens is 322 g/mol. The van der Waals surface area contributed by atoms with Crippen molar-refractivity contribution in [2.75, 3.05) is 6.54 Å². The lowest BCUT2D eigenvalue weighted by atomic mass is 10.0. The van der Waals surface area contributed by atoms with Gasteiger partial charge in [0, 0.05) is 18.9 Å². The van der Waals surface area contributed by atoms with E-state index in [4.69, 9.17) is 0 Å². The highest BCUT2D eigenvalue weighted by Crippen LogP contribution is 2.15. The van der Waals surface area contributed by atoms with Crippen molar-refractivity contribution in [3.8, 4) is 0 Å². The second-order valence-electron chi connectivity index (χ2n) is 7.18. The van der Waals surface area contributed by atoms with Crippen LogP contribution in [0.1, 0.15) is 48.6 Å². The summed E-state index contributed by atoms with van der Waals surface area (Å²) in [5, 5.41) is 3.00. The van der Waals surface area contributed by atoms with Gasteiger partial charge in [-0.05, 0) is 48.4 Å². The van der Waals surface area contributed by atoms with Gasteiger partial charge in [-0.15, -0.1) is 0 Å². The van der Waals surface area contributed by atoms with Gasteiger partial charge in [-0.1, -0.05) is 44.2 Å². The summed E-state index contributed by atoms with van der Waals surface area (Å²) >= 11 is 0. The Morgan fingerprint density at radius 1 is 1.19 bits per heavy atom. The number of pyridine rings is 1. The predicted molar refractivity (Wildman–Crippen MR) is 105 cm³/mol. The van der Waals surface area contributed by atoms with Crippen LogP contribution < -0.4 is 5.32 Å². The number of benzene rings is 1. The first kappa shape index (κ1) is 18.2. The molecule has 1 N–H and O–H groups in total. The molecule has 0 saturated carbocycles. The number of hydrogen-bond donors (Lipinski definition) is 1. The lowest BCUT2D eigenvalue weighted by molar-refractivity contribution is -0.120. The largest absolute Gasteiger partial charge is 0.356 e. The number of rotatable bonds is 7. The maximum absolute atomic E-state index is 12.1. The molecule has 2 heterocycles. The number of aryl methyl sites for hydroxylation is 2. The molecule has 0 bridgehead atoms. The summed E-state index contributed by atoms with van der Waals surface area (Å²) < 4.78 is 1.97. The van der Waals surface area contributed by atoms with Gasteiger partial charge in [0.25, 0.3) is 0 Å². The maximum atomic E-state index is 12.1. The summed E-state index contributed by atoms with van der Waals surface area (Å²) in [4.78, 5) is 16.7. The van der Waals surface area contributed by atoms with Crippen LogP contribution in [-0.4, -0.2) is 21.8 Å². The molecule has 3 aromatic rings. The van der Waals surface area contributed by atoms with Crippen molar-refractivity contribution in [3.05, 3.63) is 71.2 Å².